The van der Waals surface area contributed by atoms with Crippen LogP contribution in [0.15, 0.2) is 54.7 Å². The van der Waals surface area contributed by atoms with Crippen molar-refractivity contribution in [2.75, 3.05) is 32.6 Å². The highest BCUT2D eigenvalue weighted by atomic mass is 16.5. The van der Waals surface area contributed by atoms with Crippen molar-refractivity contribution in [2.45, 2.75) is 12.5 Å². The number of hydrogen-bond donors (Lipinski definition) is 1. The van der Waals surface area contributed by atoms with E-state index in [1.54, 1.807) is 43.5 Å². The highest BCUT2D eigenvalue weighted by Gasteiger charge is 2.28. The number of fused-ring (bicyclic) bond motifs is 1. The molecule has 7 heteroatoms. The molecule has 1 unspecified atom stereocenters. The Hall–Kier alpha value is -3.48. The van der Waals surface area contributed by atoms with Gasteiger partial charge in [-0.2, -0.15) is 0 Å². The molecular weight excluding hydrogens is 370 g/mol. The van der Waals surface area contributed by atoms with Crippen LogP contribution in [0.25, 0.3) is 10.9 Å². The van der Waals surface area contributed by atoms with E-state index in [1.807, 2.05) is 30.3 Å². The maximum atomic E-state index is 12.7. The summed E-state index contributed by atoms with van der Waals surface area (Å²) in [6.45, 7) is 1.11. The second kappa shape index (κ2) is 8.26. The van der Waals surface area contributed by atoms with E-state index in [4.69, 9.17) is 14.2 Å². The van der Waals surface area contributed by atoms with Gasteiger partial charge in [0.25, 0.3) is 0 Å². The summed E-state index contributed by atoms with van der Waals surface area (Å²) in [5, 5.41) is 3.94. The molecule has 1 aliphatic rings. The minimum Gasteiger partial charge on any atom is -0.493 e. The van der Waals surface area contributed by atoms with E-state index in [-0.39, 0.29) is 12.1 Å². The maximum Gasteiger partial charge on any atom is 0.322 e. The van der Waals surface area contributed by atoms with Crippen molar-refractivity contribution < 1.29 is 19.0 Å². The molecule has 1 aromatic heterocycles. The molecule has 2 amide bonds. The lowest BCUT2D eigenvalue weighted by atomic mass is 10.2. The van der Waals surface area contributed by atoms with Crippen molar-refractivity contribution in [3.63, 3.8) is 0 Å². The summed E-state index contributed by atoms with van der Waals surface area (Å²) < 4.78 is 16.8. The summed E-state index contributed by atoms with van der Waals surface area (Å²) in [7, 11) is 3.11. The highest BCUT2D eigenvalue weighted by Crippen LogP contribution is 2.35. The van der Waals surface area contributed by atoms with Gasteiger partial charge in [-0.1, -0.05) is 24.3 Å². The molecule has 4 rings (SSSR count). The number of rotatable bonds is 5. The lowest BCUT2D eigenvalue weighted by Gasteiger charge is -2.20. The van der Waals surface area contributed by atoms with E-state index in [0.717, 1.165) is 23.1 Å². The quantitative estimate of drug-likeness (QED) is 0.711. The minimum absolute atomic E-state index is 0.0828. The van der Waals surface area contributed by atoms with Crippen LogP contribution in [0, 0.1) is 0 Å². The van der Waals surface area contributed by atoms with E-state index >= 15 is 0 Å². The summed E-state index contributed by atoms with van der Waals surface area (Å²) in [4.78, 5) is 18.9. The van der Waals surface area contributed by atoms with Crippen LogP contribution in [-0.4, -0.2) is 49.3 Å². The van der Waals surface area contributed by atoms with Crippen molar-refractivity contribution in [1.29, 1.82) is 0 Å². The molecule has 1 atom stereocenters. The molecule has 1 fully saturated rings. The summed E-state index contributed by atoms with van der Waals surface area (Å²) in [5.74, 6) is 1.80. The summed E-state index contributed by atoms with van der Waals surface area (Å²) in [5.41, 5.74) is 1.40. The number of nitrogens with zero attached hydrogens (tertiary/aromatic N) is 2. The monoisotopic (exact) mass is 393 g/mol. The van der Waals surface area contributed by atoms with Crippen molar-refractivity contribution in [1.82, 2.24) is 9.88 Å². The Bertz CT molecular complexity index is 1020. The van der Waals surface area contributed by atoms with Gasteiger partial charge >= 0.3 is 6.03 Å². The number of likely N-dealkylation sites (tertiary alicyclic amines) is 1. The van der Waals surface area contributed by atoms with Crippen LogP contribution in [0.4, 0.5) is 10.5 Å². The van der Waals surface area contributed by atoms with Crippen molar-refractivity contribution in [3.05, 3.63) is 54.7 Å². The predicted octanol–water partition coefficient (Wildman–Crippen LogP) is 3.94. The number of anilines is 1. The molecular formula is C22H23N3O4. The largest absolute Gasteiger partial charge is 0.493 e. The fourth-order valence-corrected chi connectivity index (χ4v) is 3.54. The van der Waals surface area contributed by atoms with Crippen LogP contribution < -0.4 is 19.5 Å². The fraction of sp³-hybridized carbons (Fsp3) is 0.273. The predicted molar refractivity (Wildman–Crippen MR) is 111 cm³/mol. The molecule has 2 heterocycles. The molecule has 0 saturated carbocycles. The number of methoxy groups -OCH3 is 2. The Morgan fingerprint density at radius 2 is 1.86 bits per heavy atom. The zero-order chi connectivity index (χ0) is 20.2. The Labute approximate surface area is 169 Å². The molecule has 0 aliphatic carbocycles. The number of aromatic nitrogens is 1. The molecule has 29 heavy (non-hydrogen) atoms. The van der Waals surface area contributed by atoms with Gasteiger partial charge in [0, 0.05) is 24.5 Å². The molecule has 0 bridgehead atoms. The average Bonchev–Trinajstić information content (AvgIpc) is 3.22. The maximum absolute atomic E-state index is 12.7. The third-order valence-corrected chi connectivity index (χ3v) is 4.97. The Balaban J connectivity index is 1.43. The van der Waals surface area contributed by atoms with Crippen LogP contribution in [0.2, 0.25) is 0 Å². The third-order valence-electron chi connectivity index (χ3n) is 4.97. The standard InChI is InChI=1S/C22H23N3O4/c1-27-19-10-4-8-17(21(19)28-2)24-22(26)25-13-11-16(14-25)29-18-9-3-6-15-7-5-12-23-20(15)18/h3-10,12,16H,11,13-14H2,1-2H3,(H,24,26). The fourth-order valence-electron chi connectivity index (χ4n) is 3.54. The zero-order valence-corrected chi connectivity index (χ0v) is 16.4. The molecule has 0 radical (unpaired) electrons. The first-order valence-electron chi connectivity index (χ1n) is 9.47. The molecule has 150 valence electrons. The normalized spacial score (nSPS) is 15.9. The van der Waals surface area contributed by atoms with Gasteiger partial charge < -0.3 is 24.4 Å². The first kappa shape index (κ1) is 18.9. The summed E-state index contributed by atoms with van der Waals surface area (Å²) in [6, 6.07) is 15.0. The second-order valence-electron chi connectivity index (χ2n) is 6.78. The first-order chi connectivity index (χ1) is 14.2. The first-order valence-corrected chi connectivity index (χ1v) is 9.47. The van der Waals surface area contributed by atoms with E-state index in [9.17, 15) is 4.79 Å². The number of amides is 2. The van der Waals surface area contributed by atoms with Gasteiger partial charge in [0.15, 0.2) is 11.5 Å². The van der Waals surface area contributed by atoms with Crippen molar-refractivity contribution in [2.24, 2.45) is 0 Å². The number of benzene rings is 2. The van der Waals surface area contributed by atoms with Crippen LogP contribution in [0.1, 0.15) is 6.42 Å². The lowest BCUT2D eigenvalue weighted by molar-refractivity contribution is 0.196. The number of ether oxygens (including phenoxy) is 3. The van der Waals surface area contributed by atoms with Gasteiger partial charge in [0.2, 0.25) is 0 Å². The smallest absolute Gasteiger partial charge is 0.322 e. The van der Waals surface area contributed by atoms with Gasteiger partial charge in [-0.05, 0) is 24.3 Å². The Morgan fingerprint density at radius 3 is 2.69 bits per heavy atom. The van der Waals surface area contributed by atoms with Crippen molar-refractivity contribution in [3.8, 4) is 17.2 Å². The molecule has 1 aliphatic heterocycles. The molecule has 1 N–H and O–H groups in total. The topological polar surface area (TPSA) is 72.9 Å². The number of hydrogen-bond acceptors (Lipinski definition) is 5. The zero-order valence-electron chi connectivity index (χ0n) is 16.4. The number of carbonyl (C=O) groups is 1. The van der Waals surface area contributed by atoms with E-state index in [1.165, 1.54) is 0 Å². The molecule has 2 aromatic carbocycles. The van der Waals surface area contributed by atoms with E-state index in [2.05, 4.69) is 10.3 Å². The summed E-state index contributed by atoms with van der Waals surface area (Å²) >= 11 is 0. The minimum atomic E-state index is -0.196. The number of pyridine rings is 1. The number of urea groups is 1. The van der Waals surface area contributed by atoms with Gasteiger partial charge in [0.1, 0.15) is 17.4 Å². The Kier molecular flexibility index (Phi) is 5.37. The van der Waals surface area contributed by atoms with Gasteiger partial charge in [0.05, 0.1) is 26.5 Å². The van der Waals surface area contributed by atoms with E-state index in [0.29, 0.717) is 30.3 Å². The molecule has 1 saturated heterocycles. The van der Waals surface area contributed by atoms with Gasteiger partial charge in [-0.15, -0.1) is 0 Å². The van der Waals surface area contributed by atoms with E-state index < -0.39 is 0 Å². The Morgan fingerprint density at radius 1 is 1.07 bits per heavy atom. The average molecular weight is 393 g/mol. The molecule has 3 aromatic rings. The number of nitrogens with one attached hydrogen (secondary N) is 1. The SMILES string of the molecule is COc1cccc(NC(=O)N2CCC(Oc3cccc4cccnc34)C2)c1OC. The van der Waals surface area contributed by atoms with Crippen molar-refractivity contribution >= 4 is 22.6 Å². The van der Waals surface area contributed by atoms with Crippen LogP contribution in [-0.2, 0) is 0 Å². The van der Waals surface area contributed by atoms with Crippen LogP contribution in [0.3, 0.4) is 0 Å². The van der Waals surface area contributed by atoms with Crippen LogP contribution in [0.5, 0.6) is 17.2 Å². The summed E-state index contributed by atoms with van der Waals surface area (Å²) in [6.07, 6.45) is 2.43. The lowest BCUT2D eigenvalue weighted by Crippen LogP contribution is -2.34. The highest BCUT2D eigenvalue weighted by molar-refractivity contribution is 5.92. The molecule has 0 spiro atoms. The molecule has 7 nitrogen and oxygen atoms in total. The number of para-hydroxylation sites is 2. The third kappa shape index (κ3) is 3.89. The van der Waals surface area contributed by atoms with Gasteiger partial charge in [-0.25, -0.2) is 4.79 Å². The number of carbonyl (C=O) groups excluding carboxylic acids is 1. The van der Waals surface area contributed by atoms with Crippen LogP contribution >= 0.6 is 0 Å². The second-order valence-corrected chi connectivity index (χ2v) is 6.78. The van der Waals surface area contributed by atoms with Gasteiger partial charge in [-0.3, -0.25) is 4.98 Å².